The quantitative estimate of drug-likeness (QED) is 0.810. The van der Waals surface area contributed by atoms with E-state index < -0.39 is 0 Å². The monoisotopic (exact) mass is 288 g/mol. The summed E-state index contributed by atoms with van der Waals surface area (Å²) in [6.45, 7) is 0. The molecule has 0 aliphatic rings. The second kappa shape index (κ2) is 6.29. The summed E-state index contributed by atoms with van der Waals surface area (Å²) in [5.74, 6) is 0. The number of hydrogen-bond acceptors (Lipinski definition) is 2. The number of allylic oxidation sites excluding steroid dienone is 1. The molecule has 0 saturated carbocycles. The van der Waals surface area contributed by atoms with Crippen LogP contribution in [0.4, 0.5) is 5.69 Å². The summed E-state index contributed by atoms with van der Waals surface area (Å²) in [7, 11) is 0. The van der Waals surface area contributed by atoms with E-state index in [-0.39, 0.29) is 0 Å². The zero-order valence-corrected chi connectivity index (χ0v) is 11.4. The van der Waals surface area contributed by atoms with Gasteiger partial charge in [-0.05, 0) is 35.9 Å². The highest BCUT2D eigenvalue weighted by Gasteiger charge is 2.00. The van der Waals surface area contributed by atoms with Crippen LogP contribution in [0.2, 0.25) is 10.0 Å². The van der Waals surface area contributed by atoms with E-state index in [0.717, 1.165) is 11.3 Å². The van der Waals surface area contributed by atoms with Gasteiger partial charge in [0.05, 0.1) is 5.57 Å². The maximum Gasteiger partial charge on any atom is 0.101 e. The third kappa shape index (κ3) is 3.75. The number of halogens is 2. The van der Waals surface area contributed by atoms with E-state index in [1.54, 1.807) is 42.6 Å². The second-order valence-corrected chi connectivity index (χ2v) is 4.70. The van der Waals surface area contributed by atoms with Crippen molar-refractivity contribution in [3.05, 3.63) is 70.3 Å². The number of nitrogens with one attached hydrogen (secondary N) is 1. The van der Waals surface area contributed by atoms with E-state index >= 15 is 0 Å². The number of hydrogen-bond donors (Lipinski definition) is 1. The van der Waals surface area contributed by atoms with Crippen molar-refractivity contribution in [3.63, 3.8) is 0 Å². The Morgan fingerprint density at radius 2 is 1.79 bits per heavy atom. The Morgan fingerprint density at radius 3 is 2.42 bits per heavy atom. The van der Waals surface area contributed by atoms with Crippen molar-refractivity contribution >= 4 is 34.5 Å². The van der Waals surface area contributed by atoms with Gasteiger partial charge in [0.25, 0.3) is 0 Å². The second-order valence-electron chi connectivity index (χ2n) is 3.83. The number of nitriles is 1. The highest BCUT2D eigenvalue weighted by molar-refractivity contribution is 6.31. The van der Waals surface area contributed by atoms with Crippen molar-refractivity contribution in [3.8, 4) is 6.07 Å². The molecular weight excluding hydrogens is 279 g/mol. The standard InChI is InChI=1S/C15H10Cl2N2/c16-13-6-4-11(5-7-13)12(9-18)10-19-15-3-1-2-14(17)8-15/h1-8,10,19H. The van der Waals surface area contributed by atoms with Crippen LogP contribution in [0, 0.1) is 11.3 Å². The van der Waals surface area contributed by atoms with Gasteiger partial charge in [-0.3, -0.25) is 0 Å². The summed E-state index contributed by atoms with van der Waals surface area (Å²) in [6.07, 6.45) is 1.65. The van der Waals surface area contributed by atoms with Gasteiger partial charge in [-0.2, -0.15) is 5.26 Å². The van der Waals surface area contributed by atoms with Crippen molar-refractivity contribution in [2.24, 2.45) is 0 Å². The van der Waals surface area contributed by atoms with Crippen molar-refractivity contribution in [2.75, 3.05) is 5.32 Å². The SMILES string of the molecule is N#CC(=CNc1cccc(Cl)c1)c1ccc(Cl)cc1. The van der Waals surface area contributed by atoms with Gasteiger partial charge in [0, 0.05) is 21.9 Å². The van der Waals surface area contributed by atoms with Crippen molar-refractivity contribution in [1.82, 2.24) is 0 Å². The molecular formula is C15H10Cl2N2. The Hall–Kier alpha value is -1.95. The first kappa shape index (κ1) is 13.5. The maximum atomic E-state index is 9.16. The Morgan fingerprint density at radius 1 is 1.05 bits per heavy atom. The van der Waals surface area contributed by atoms with Crippen LogP contribution in [0.5, 0.6) is 0 Å². The van der Waals surface area contributed by atoms with Crippen LogP contribution >= 0.6 is 23.2 Å². The van der Waals surface area contributed by atoms with Gasteiger partial charge in [0.2, 0.25) is 0 Å². The summed E-state index contributed by atoms with van der Waals surface area (Å²) >= 11 is 11.7. The number of rotatable bonds is 3. The van der Waals surface area contributed by atoms with Crippen LogP contribution in [0.15, 0.2) is 54.7 Å². The third-order valence-electron chi connectivity index (χ3n) is 2.48. The largest absolute Gasteiger partial charge is 0.360 e. The van der Waals surface area contributed by atoms with Gasteiger partial charge in [0.1, 0.15) is 6.07 Å². The normalized spacial score (nSPS) is 10.9. The first-order chi connectivity index (χ1) is 9.19. The molecule has 2 nitrogen and oxygen atoms in total. The van der Waals surface area contributed by atoms with E-state index in [1.165, 1.54) is 0 Å². The average molecular weight is 289 g/mol. The molecule has 2 aromatic carbocycles. The fraction of sp³-hybridized carbons (Fsp3) is 0. The van der Waals surface area contributed by atoms with Gasteiger partial charge in [-0.25, -0.2) is 0 Å². The maximum absolute atomic E-state index is 9.16. The van der Waals surface area contributed by atoms with Crippen LogP contribution < -0.4 is 5.32 Å². The van der Waals surface area contributed by atoms with Crippen molar-refractivity contribution < 1.29 is 0 Å². The van der Waals surface area contributed by atoms with E-state index in [2.05, 4.69) is 11.4 Å². The molecule has 0 atom stereocenters. The lowest BCUT2D eigenvalue weighted by atomic mass is 10.1. The number of anilines is 1. The Balaban J connectivity index is 2.21. The molecule has 0 aliphatic heterocycles. The molecule has 1 N–H and O–H groups in total. The minimum atomic E-state index is 0.525. The zero-order chi connectivity index (χ0) is 13.7. The minimum absolute atomic E-state index is 0.525. The molecule has 0 spiro atoms. The lowest BCUT2D eigenvalue weighted by molar-refractivity contribution is 1.50. The lowest BCUT2D eigenvalue weighted by Crippen LogP contribution is -1.90. The first-order valence-electron chi connectivity index (χ1n) is 5.57. The molecule has 0 heterocycles. The topological polar surface area (TPSA) is 35.8 Å². The van der Waals surface area contributed by atoms with Gasteiger partial charge < -0.3 is 5.32 Å². The number of nitrogens with zero attached hydrogens (tertiary/aromatic N) is 1. The van der Waals surface area contributed by atoms with E-state index in [1.807, 2.05) is 12.1 Å². The molecule has 0 amide bonds. The molecule has 2 rings (SSSR count). The third-order valence-corrected chi connectivity index (χ3v) is 2.97. The highest BCUT2D eigenvalue weighted by atomic mass is 35.5. The molecule has 0 aromatic heterocycles. The van der Waals surface area contributed by atoms with Crippen LogP contribution in [-0.2, 0) is 0 Å². The Bertz CT molecular complexity index is 640. The smallest absolute Gasteiger partial charge is 0.101 e. The molecule has 0 aliphatic carbocycles. The van der Waals surface area contributed by atoms with Crippen LogP contribution in [0.1, 0.15) is 5.56 Å². The Labute approximate surface area is 121 Å². The lowest BCUT2D eigenvalue weighted by Gasteiger charge is -2.03. The minimum Gasteiger partial charge on any atom is -0.360 e. The molecule has 0 radical (unpaired) electrons. The molecule has 94 valence electrons. The molecule has 0 saturated heterocycles. The fourth-order valence-electron chi connectivity index (χ4n) is 1.54. The van der Waals surface area contributed by atoms with Crippen LogP contribution in [-0.4, -0.2) is 0 Å². The van der Waals surface area contributed by atoms with E-state index in [0.29, 0.717) is 15.6 Å². The average Bonchev–Trinajstić information content (AvgIpc) is 2.41. The molecule has 0 fully saturated rings. The zero-order valence-electron chi connectivity index (χ0n) is 9.90. The van der Waals surface area contributed by atoms with Gasteiger partial charge >= 0.3 is 0 Å². The van der Waals surface area contributed by atoms with Crippen LogP contribution in [0.25, 0.3) is 5.57 Å². The predicted octanol–water partition coefficient (Wildman–Crippen LogP) is 4.97. The Kier molecular flexibility index (Phi) is 4.46. The summed E-state index contributed by atoms with van der Waals surface area (Å²) in [6, 6.07) is 16.5. The van der Waals surface area contributed by atoms with E-state index in [4.69, 9.17) is 28.5 Å². The summed E-state index contributed by atoms with van der Waals surface area (Å²) in [5, 5.41) is 13.5. The number of benzene rings is 2. The molecule has 2 aromatic rings. The van der Waals surface area contributed by atoms with Crippen LogP contribution in [0.3, 0.4) is 0 Å². The van der Waals surface area contributed by atoms with E-state index in [9.17, 15) is 0 Å². The van der Waals surface area contributed by atoms with Gasteiger partial charge in [-0.15, -0.1) is 0 Å². The molecule has 4 heteroatoms. The van der Waals surface area contributed by atoms with Gasteiger partial charge in [-0.1, -0.05) is 41.4 Å². The fourth-order valence-corrected chi connectivity index (χ4v) is 1.86. The van der Waals surface area contributed by atoms with Gasteiger partial charge in [0.15, 0.2) is 0 Å². The summed E-state index contributed by atoms with van der Waals surface area (Å²) in [5.41, 5.74) is 2.16. The summed E-state index contributed by atoms with van der Waals surface area (Å²) in [4.78, 5) is 0. The molecule has 0 unspecified atom stereocenters. The first-order valence-corrected chi connectivity index (χ1v) is 6.33. The van der Waals surface area contributed by atoms with Crippen molar-refractivity contribution in [1.29, 1.82) is 5.26 Å². The highest BCUT2D eigenvalue weighted by Crippen LogP contribution is 2.19. The van der Waals surface area contributed by atoms with Crippen molar-refractivity contribution in [2.45, 2.75) is 0 Å². The molecule has 19 heavy (non-hydrogen) atoms. The predicted molar refractivity (Wildman–Crippen MR) is 80.1 cm³/mol. The summed E-state index contributed by atoms with van der Waals surface area (Å²) < 4.78 is 0. The molecule has 0 bridgehead atoms.